The zero-order valence-corrected chi connectivity index (χ0v) is 26.3. The Morgan fingerprint density at radius 2 is 1.65 bits per heavy atom. The molecule has 0 aliphatic carbocycles. The van der Waals surface area contributed by atoms with Gasteiger partial charge in [-0.2, -0.15) is 6.41 Å². The molecule has 0 unspecified atom stereocenters. The summed E-state index contributed by atoms with van der Waals surface area (Å²) in [5.41, 5.74) is 1.53. The van der Waals surface area contributed by atoms with Gasteiger partial charge in [-0.1, -0.05) is 32.4 Å². The van der Waals surface area contributed by atoms with Crippen molar-refractivity contribution in [1.29, 1.82) is 0 Å². The predicted molar refractivity (Wildman–Crippen MR) is 131 cm³/mol. The van der Waals surface area contributed by atoms with E-state index in [0.717, 1.165) is 11.3 Å². The third-order valence-electron chi connectivity index (χ3n) is 3.29. The molecule has 0 fully saturated rings. The first-order valence-corrected chi connectivity index (χ1v) is 10.5. The van der Waals surface area contributed by atoms with E-state index in [-0.39, 0.29) is 69.2 Å². The van der Waals surface area contributed by atoms with E-state index < -0.39 is 4.92 Å². The molecule has 37 heavy (non-hydrogen) atoms. The van der Waals surface area contributed by atoms with Gasteiger partial charge in [0.1, 0.15) is 0 Å². The van der Waals surface area contributed by atoms with Crippen LogP contribution in [0.3, 0.4) is 0 Å². The number of amides is 3. The van der Waals surface area contributed by atoms with Crippen LogP contribution in [-0.2, 0) is 53.7 Å². The molecule has 0 saturated heterocycles. The number of anilines is 1. The maximum atomic E-state index is 10.7. The van der Waals surface area contributed by atoms with Crippen LogP contribution in [0, 0.1) is 10.1 Å². The number of nitrogens with one attached hydrogen (secondary N) is 3. The van der Waals surface area contributed by atoms with Gasteiger partial charge in [0, 0.05) is 56.6 Å². The Morgan fingerprint density at radius 1 is 1.14 bits per heavy atom. The fraction of sp³-hybridized carbons (Fsp3) is 0.348. The van der Waals surface area contributed by atoms with E-state index in [1.54, 1.807) is 24.3 Å². The van der Waals surface area contributed by atoms with Crippen LogP contribution in [-0.4, -0.2) is 46.6 Å². The van der Waals surface area contributed by atoms with Crippen LogP contribution in [0.15, 0.2) is 48.5 Å². The largest absolute Gasteiger partial charge is 0.522 e. The fourth-order valence-electron chi connectivity index (χ4n) is 1.89. The molecule has 0 aliphatic rings. The van der Waals surface area contributed by atoms with E-state index in [1.165, 1.54) is 37.1 Å². The molecule has 3 amide bonds. The summed E-state index contributed by atoms with van der Waals surface area (Å²) in [7, 11) is 0. The number of hydrogen-bond acceptors (Lipinski definition) is 8. The van der Waals surface area contributed by atoms with E-state index in [4.69, 9.17) is 10.4 Å². The number of carbonyl (C=O) groups is 2. The first-order chi connectivity index (χ1) is 16.7. The van der Waals surface area contributed by atoms with Crippen molar-refractivity contribution < 1.29 is 67.3 Å². The molecule has 0 bridgehead atoms. The third kappa shape index (κ3) is 23.6. The van der Waals surface area contributed by atoms with Gasteiger partial charge in [0.2, 0.25) is 12.3 Å². The number of non-ortho nitro benzene ring substituents is 1. The third-order valence-corrected chi connectivity index (χ3v) is 3.29. The first kappa shape index (κ1) is 40.3. The number of nitro groups is 1. The van der Waals surface area contributed by atoms with Gasteiger partial charge in [0.15, 0.2) is 5.75 Å². The number of nitro benzene ring substituents is 1. The van der Waals surface area contributed by atoms with E-state index in [0.29, 0.717) is 6.41 Å². The van der Waals surface area contributed by atoms with Gasteiger partial charge in [-0.3, -0.25) is 19.7 Å². The first-order valence-electron chi connectivity index (χ1n) is 10.5. The minimum absolute atomic E-state index is 0. The van der Waals surface area contributed by atoms with E-state index in [9.17, 15) is 24.5 Å². The van der Waals surface area contributed by atoms with Crippen LogP contribution in [0.1, 0.15) is 39.7 Å². The maximum Gasteiger partial charge on any atom is 0.269 e. The topological polar surface area (TPSA) is 180 Å². The number of nitrogens with zero attached hydrogens (tertiary/aromatic N) is 1. The van der Waals surface area contributed by atoms with Gasteiger partial charge >= 0.3 is 0 Å². The Kier molecular flexibility index (Phi) is 29.0. The Balaban J connectivity index is -0.000000204. The summed E-state index contributed by atoms with van der Waals surface area (Å²) in [6, 6.07) is 12.2. The van der Waals surface area contributed by atoms with E-state index >= 15 is 0 Å². The molecule has 1 radical (unpaired) electrons. The second kappa shape index (κ2) is 26.7. The summed E-state index contributed by atoms with van der Waals surface area (Å²) in [6.45, 7) is 7.98. The molecule has 0 heterocycles. The van der Waals surface area contributed by atoms with Gasteiger partial charge in [0.05, 0.1) is 18.1 Å². The Labute approximate surface area is 235 Å². The van der Waals surface area contributed by atoms with Crippen LogP contribution in [0.2, 0.25) is 0 Å². The maximum absolute atomic E-state index is 10.7. The minimum Gasteiger partial charge on any atom is -0.522 e. The van der Waals surface area contributed by atoms with Crippen molar-refractivity contribution in [2.45, 2.75) is 46.8 Å². The van der Waals surface area contributed by atoms with E-state index in [1.807, 2.05) is 13.8 Å². The summed E-state index contributed by atoms with van der Waals surface area (Å²) in [5, 5.41) is 34.1. The van der Waals surface area contributed by atoms with Crippen molar-refractivity contribution in [2.24, 2.45) is 0 Å². The van der Waals surface area contributed by atoms with E-state index in [2.05, 4.69) is 34.7 Å². The molecule has 2 aromatic carbocycles. The van der Waals surface area contributed by atoms with Gasteiger partial charge in [0.25, 0.3) is 5.69 Å². The predicted octanol–water partition coefficient (Wildman–Crippen LogP) is 2.78. The number of aliphatic hydroxyl groups excluding tert-OH is 1. The molecule has 12 nitrogen and oxygen atoms in total. The standard InChI is InChI=1S/C8H9NO2.C6H11N2O2.C6H5NO4.C3H8.Fm.Y/c10-5-7-1-3-8(4-2-7)9-6-11;1-5(2)8-6(10)3-7-4-9;8-7(9)5-1-3-6(11-10)4-2-5;1-3-2;;/h1-4,6,10H,5H2,(H,9,11);5H,3H2,1-2H3,(H,7,9)(H,8,10);1-4,10H;3H2,1-2H3;;/q;-1;;;;. The number of aliphatic hydroxyl groups is 1. The molecule has 2 rings (SSSR count). The molecule has 0 saturated carbocycles. The van der Waals surface area contributed by atoms with Crippen LogP contribution in [0.25, 0.3) is 0 Å². The Bertz CT molecular complexity index is 857. The summed E-state index contributed by atoms with van der Waals surface area (Å²) in [5.74, 6) is -0.0195. The zero-order valence-electron chi connectivity index (χ0n) is 21.1. The number of benzene rings is 2. The van der Waals surface area contributed by atoms with Gasteiger partial charge in [-0.15, -0.1) is 0 Å². The minimum atomic E-state index is -0.527. The zero-order chi connectivity index (χ0) is 27.1. The molecule has 2 aromatic rings. The van der Waals surface area contributed by atoms with Gasteiger partial charge in [-0.25, -0.2) is 5.26 Å². The quantitative estimate of drug-likeness (QED) is 0.0639. The van der Waals surface area contributed by atoms with Crippen molar-refractivity contribution in [1.82, 2.24) is 10.6 Å². The number of rotatable bonds is 9. The van der Waals surface area contributed by atoms with Crippen molar-refractivity contribution in [3.05, 3.63) is 64.2 Å². The van der Waals surface area contributed by atoms with Crippen molar-refractivity contribution in [3.8, 4) is 5.75 Å². The van der Waals surface area contributed by atoms with Crippen molar-refractivity contribution in [3.63, 3.8) is 0 Å². The average molecular weight is 839 g/mol. The van der Waals surface area contributed by atoms with Crippen LogP contribution >= 0.6 is 0 Å². The van der Waals surface area contributed by atoms with Crippen LogP contribution < -0.4 is 20.8 Å². The van der Waals surface area contributed by atoms with Gasteiger partial charge < -0.3 is 30.7 Å². The average Bonchev–Trinajstić information content (AvgIpc) is 2.84. The second-order valence-corrected chi connectivity index (χ2v) is 6.84. The molecule has 14 heteroatoms. The van der Waals surface area contributed by atoms with Gasteiger partial charge in [-0.05, 0) is 43.7 Å². The van der Waals surface area contributed by atoms with Crippen LogP contribution in [0.5, 0.6) is 5.75 Å². The monoisotopic (exact) mass is 839 g/mol. The fourth-order valence-corrected chi connectivity index (χ4v) is 1.89. The van der Waals surface area contributed by atoms with Crippen molar-refractivity contribution >= 4 is 30.1 Å². The molecule has 0 atom stereocenters. The van der Waals surface area contributed by atoms with Crippen molar-refractivity contribution in [2.75, 3.05) is 11.9 Å². The Hall–Kier alpha value is -3.93. The molecule has 0 aliphatic heterocycles. The SMILES string of the molecule is CC(C)NC(=O)CN[C-]=O.CCC.O=CNc1ccc(CO)cc1.O=[N+]([O-])c1ccc(OO)cc1.[Fm].[Y]. The summed E-state index contributed by atoms with van der Waals surface area (Å²) in [4.78, 5) is 43.6. The molecule has 209 valence electrons. The smallest absolute Gasteiger partial charge is 0.269 e. The summed E-state index contributed by atoms with van der Waals surface area (Å²) >= 11 is 0. The Morgan fingerprint density at radius 3 is 2.00 bits per heavy atom. The number of hydrogen-bond donors (Lipinski definition) is 5. The molecule has 0 spiro atoms. The molecular formula is C23H33FmN4O8Y-. The molecular weight excluding hydrogens is 806 g/mol. The normalized spacial score (nSPS) is 8.41. The molecule has 5 N–H and O–H groups in total. The summed E-state index contributed by atoms with van der Waals surface area (Å²) < 4.78 is 0. The summed E-state index contributed by atoms with van der Waals surface area (Å²) in [6.07, 6.45) is 3.28. The second-order valence-electron chi connectivity index (χ2n) is 6.84. The number of carbonyl (C=O) groups excluding carboxylic acids is 3. The van der Waals surface area contributed by atoms with Crippen LogP contribution in [0.4, 0.5) is 11.4 Å². The molecule has 0 aromatic heterocycles.